The SMILES string of the molecule is CN(/N=C/C1=[N+](CCCCC[N+]2=C(/C=N/N(C)c3ccccc3)C(C)(C)c3ccccc32)c2ccccc2C1(C)C)c1ccccc1. The van der Waals surface area contributed by atoms with Crippen molar-refractivity contribution in [1.82, 2.24) is 0 Å². The molecule has 0 aliphatic carbocycles. The van der Waals surface area contributed by atoms with Gasteiger partial charge < -0.3 is 0 Å². The van der Waals surface area contributed by atoms with Gasteiger partial charge in [-0.2, -0.15) is 19.4 Å². The number of hydrazone groups is 2. The summed E-state index contributed by atoms with van der Waals surface area (Å²) in [5, 5.41) is 13.7. The zero-order valence-electron chi connectivity index (χ0n) is 28.8. The minimum atomic E-state index is -0.126. The molecular weight excluding hydrogens is 576 g/mol. The lowest BCUT2D eigenvalue weighted by Gasteiger charge is -2.16. The lowest BCUT2D eigenvalue weighted by atomic mass is 9.82. The fraction of sp³-hybridized carbons (Fsp3) is 0.317. The zero-order valence-corrected chi connectivity index (χ0v) is 28.8. The average Bonchev–Trinajstić information content (AvgIpc) is 3.44. The van der Waals surface area contributed by atoms with Crippen LogP contribution in [0.2, 0.25) is 0 Å². The van der Waals surface area contributed by atoms with E-state index in [2.05, 4.69) is 146 Å². The first-order valence-corrected chi connectivity index (χ1v) is 16.8. The van der Waals surface area contributed by atoms with Gasteiger partial charge in [-0.3, -0.25) is 10.0 Å². The maximum atomic E-state index is 4.90. The van der Waals surface area contributed by atoms with Gasteiger partial charge in [-0.1, -0.05) is 72.8 Å². The molecule has 240 valence electrons. The Bertz CT molecular complexity index is 1700. The normalized spacial score (nSPS) is 16.3. The molecule has 0 N–H and O–H groups in total. The molecular formula is C41H48N6+2. The molecule has 0 bridgehead atoms. The monoisotopic (exact) mass is 624 g/mol. The van der Waals surface area contributed by atoms with Crippen molar-refractivity contribution < 1.29 is 9.15 Å². The maximum Gasteiger partial charge on any atom is 0.212 e. The highest BCUT2D eigenvalue weighted by Gasteiger charge is 2.46. The van der Waals surface area contributed by atoms with E-state index in [4.69, 9.17) is 10.2 Å². The molecule has 4 aromatic carbocycles. The molecule has 0 amide bonds. The van der Waals surface area contributed by atoms with Crippen LogP contribution in [-0.2, 0) is 10.8 Å². The zero-order chi connectivity index (χ0) is 33.0. The predicted octanol–water partition coefficient (Wildman–Crippen LogP) is 8.55. The molecule has 2 heterocycles. The quantitative estimate of drug-likeness (QED) is 0.0686. The van der Waals surface area contributed by atoms with Crippen LogP contribution in [0.4, 0.5) is 22.7 Å². The summed E-state index contributed by atoms with van der Waals surface area (Å²) in [6.45, 7) is 11.2. The van der Waals surface area contributed by atoms with Crippen LogP contribution < -0.4 is 10.0 Å². The molecule has 0 atom stereocenters. The van der Waals surface area contributed by atoms with E-state index in [0.717, 1.165) is 43.7 Å². The summed E-state index contributed by atoms with van der Waals surface area (Å²) < 4.78 is 4.99. The first-order chi connectivity index (χ1) is 22.7. The second-order valence-electron chi connectivity index (χ2n) is 13.6. The molecule has 0 radical (unpaired) electrons. The van der Waals surface area contributed by atoms with Crippen molar-refractivity contribution >= 4 is 46.6 Å². The Labute approximate surface area is 280 Å². The first kappa shape index (κ1) is 32.1. The van der Waals surface area contributed by atoms with Gasteiger partial charge in [0, 0.05) is 50.2 Å². The number of nitrogens with zero attached hydrogens (tertiary/aromatic N) is 6. The van der Waals surface area contributed by atoms with E-state index in [1.165, 1.54) is 33.9 Å². The van der Waals surface area contributed by atoms with Crippen molar-refractivity contribution in [3.05, 3.63) is 120 Å². The van der Waals surface area contributed by atoms with Crippen molar-refractivity contribution in [2.24, 2.45) is 10.2 Å². The van der Waals surface area contributed by atoms with E-state index >= 15 is 0 Å². The van der Waals surface area contributed by atoms with Gasteiger partial charge in [0.25, 0.3) is 0 Å². The van der Waals surface area contributed by atoms with Gasteiger partial charge in [0.1, 0.15) is 25.5 Å². The third kappa shape index (κ3) is 6.42. The smallest absolute Gasteiger partial charge is 0.212 e. The topological polar surface area (TPSA) is 37.2 Å². The molecule has 47 heavy (non-hydrogen) atoms. The average molecular weight is 625 g/mol. The summed E-state index contributed by atoms with van der Waals surface area (Å²) in [5.41, 5.74) is 9.69. The number of para-hydroxylation sites is 4. The van der Waals surface area contributed by atoms with Crippen LogP contribution in [0.25, 0.3) is 0 Å². The summed E-state index contributed by atoms with van der Waals surface area (Å²) >= 11 is 0. The third-order valence-corrected chi connectivity index (χ3v) is 9.83. The van der Waals surface area contributed by atoms with E-state index < -0.39 is 0 Å². The Hall–Kier alpha value is -4.84. The molecule has 4 aromatic rings. The minimum Gasteiger partial charge on any atom is -0.268 e. The standard InChI is InChI=1S/C41H48N6/c1-40(2)34-24-14-16-26-36(34)46(38(40)30-42-44(5)32-20-10-7-11-21-32)28-18-9-19-29-47-37-27-17-15-25-35(37)41(3,4)39(47)31-43-45(6)33-22-12-8-13-23-33/h7-8,10-17,20-27,30-31H,9,18-19,28-29H2,1-6H3/q+2. The van der Waals surface area contributed by atoms with Crippen LogP contribution in [0.1, 0.15) is 58.1 Å². The number of hydrogen-bond acceptors (Lipinski definition) is 4. The van der Waals surface area contributed by atoms with E-state index in [0.29, 0.717) is 0 Å². The van der Waals surface area contributed by atoms with E-state index in [-0.39, 0.29) is 10.8 Å². The van der Waals surface area contributed by atoms with Crippen LogP contribution in [0.5, 0.6) is 0 Å². The summed E-state index contributed by atoms with van der Waals surface area (Å²) in [5.74, 6) is 0. The molecule has 2 aliphatic heterocycles. The van der Waals surface area contributed by atoms with E-state index in [9.17, 15) is 0 Å². The van der Waals surface area contributed by atoms with Crippen molar-refractivity contribution in [2.75, 3.05) is 37.2 Å². The Kier molecular flexibility index (Phi) is 9.21. The summed E-state index contributed by atoms with van der Waals surface area (Å²) in [4.78, 5) is 0. The highest BCUT2D eigenvalue weighted by atomic mass is 15.4. The molecule has 0 fully saturated rings. The van der Waals surface area contributed by atoms with E-state index in [1.54, 1.807) is 0 Å². The van der Waals surface area contributed by atoms with E-state index in [1.807, 2.05) is 36.2 Å². The van der Waals surface area contributed by atoms with Gasteiger partial charge >= 0.3 is 0 Å². The predicted molar refractivity (Wildman–Crippen MR) is 199 cm³/mol. The molecule has 6 nitrogen and oxygen atoms in total. The van der Waals surface area contributed by atoms with Crippen molar-refractivity contribution in [3.8, 4) is 0 Å². The first-order valence-electron chi connectivity index (χ1n) is 16.8. The van der Waals surface area contributed by atoms with Crippen molar-refractivity contribution in [2.45, 2.75) is 57.8 Å². The molecule has 0 saturated heterocycles. The third-order valence-electron chi connectivity index (χ3n) is 9.83. The van der Waals surface area contributed by atoms with Crippen LogP contribution in [0.15, 0.2) is 119 Å². The van der Waals surface area contributed by atoms with Crippen LogP contribution in [0, 0.1) is 0 Å². The van der Waals surface area contributed by atoms with Crippen LogP contribution in [-0.4, -0.2) is 60.2 Å². The highest BCUT2D eigenvalue weighted by molar-refractivity contribution is 6.34. The maximum absolute atomic E-state index is 4.90. The highest BCUT2D eigenvalue weighted by Crippen LogP contribution is 2.40. The molecule has 0 spiro atoms. The summed E-state index contributed by atoms with van der Waals surface area (Å²) in [6, 6.07) is 38.3. The van der Waals surface area contributed by atoms with Crippen molar-refractivity contribution in [1.29, 1.82) is 0 Å². The lowest BCUT2D eigenvalue weighted by molar-refractivity contribution is -0.442. The number of rotatable bonds is 12. The number of benzene rings is 4. The Balaban J connectivity index is 1.19. The molecule has 0 unspecified atom stereocenters. The van der Waals surface area contributed by atoms with Gasteiger partial charge in [-0.25, -0.2) is 0 Å². The number of anilines is 2. The molecule has 6 rings (SSSR count). The van der Waals surface area contributed by atoms with Gasteiger partial charge in [0.2, 0.25) is 22.8 Å². The summed E-state index contributed by atoms with van der Waals surface area (Å²) in [7, 11) is 4.03. The summed E-state index contributed by atoms with van der Waals surface area (Å²) in [6.07, 6.45) is 7.46. The van der Waals surface area contributed by atoms with Crippen molar-refractivity contribution in [3.63, 3.8) is 0 Å². The lowest BCUT2D eigenvalue weighted by Crippen LogP contribution is -2.32. The Morgan fingerprint density at radius 3 is 1.28 bits per heavy atom. The molecule has 0 aromatic heterocycles. The minimum absolute atomic E-state index is 0.126. The second kappa shape index (κ2) is 13.5. The van der Waals surface area contributed by atoms with Crippen LogP contribution in [0.3, 0.4) is 0 Å². The van der Waals surface area contributed by atoms with Gasteiger partial charge in [0.05, 0.1) is 22.2 Å². The number of unbranched alkanes of at least 4 members (excludes halogenated alkanes) is 2. The fourth-order valence-corrected chi connectivity index (χ4v) is 7.05. The number of fused-ring (bicyclic) bond motifs is 2. The van der Waals surface area contributed by atoms with Crippen LogP contribution >= 0.6 is 0 Å². The Morgan fingerprint density at radius 1 is 0.511 bits per heavy atom. The van der Waals surface area contributed by atoms with Gasteiger partial charge in [-0.05, 0) is 58.4 Å². The fourth-order valence-electron chi connectivity index (χ4n) is 7.05. The van der Waals surface area contributed by atoms with Gasteiger partial charge in [0.15, 0.2) is 0 Å². The largest absolute Gasteiger partial charge is 0.268 e. The number of hydrogen-bond donors (Lipinski definition) is 0. The molecule has 2 aliphatic rings. The Morgan fingerprint density at radius 2 is 0.872 bits per heavy atom. The van der Waals surface area contributed by atoms with Gasteiger partial charge in [-0.15, -0.1) is 0 Å². The molecule has 0 saturated carbocycles. The molecule has 6 heteroatoms. The second-order valence-corrected chi connectivity index (χ2v) is 13.6.